The summed E-state index contributed by atoms with van der Waals surface area (Å²) in [6.07, 6.45) is 73.9. The molecule has 0 heterocycles. The van der Waals surface area contributed by atoms with E-state index in [1.165, 1.54) is 302 Å². The van der Waals surface area contributed by atoms with Crippen LogP contribution in [0.25, 0.3) is 0 Å². The lowest BCUT2D eigenvalue weighted by Crippen LogP contribution is -2.52. The molecule has 10 nitrogen and oxygen atoms in total. The van der Waals surface area contributed by atoms with E-state index in [2.05, 4.69) is 41.8 Å². The van der Waals surface area contributed by atoms with E-state index in [0.717, 1.165) is 70.9 Å². The molecule has 0 aromatic rings. The predicted octanol–water partition coefficient (Wildman–Crippen LogP) is 20.9. The minimum absolute atomic E-state index is 0.0526. The summed E-state index contributed by atoms with van der Waals surface area (Å²) in [7, 11) is 8.00. The van der Waals surface area contributed by atoms with Crippen molar-refractivity contribution in [2.45, 2.75) is 425 Å². The Bertz CT molecular complexity index is 1490. The number of likely N-dealkylation sites (N-methyl/N-ethyl adjacent to an activating group) is 2. The van der Waals surface area contributed by atoms with Crippen LogP contribution in [0.3, 0.4) is 0 Å². The molecule has 0 bridgehead atoms. The van der Waals surface area contributed by atoms with Crippen LogP contribution in [-0.2, 0) is 28.7 Å². The van der Waals surface area contributed by atoms with Crippen LogP contribution >= 0.6 is 0 Å². The van der Waals surface area contributed by atoms with Crippen molar-refractivity contribution in [1.82, 2.24) is 0 Å². The second kappa shape index (κ2) is 67.7. The maximum atomic E-state index is 12.8. The van der Waals surface area contributed by atoms with Gasteiger partial charge in [0.2, 0.25) is 0 Å². The molecule has 88 heavy (non-hydrogen) atoms. The summed E-state index contributed by atoms with van der Waals surface area (Å²) in [6.45, 7) is 11.1. The maximum Gasteiger partial charge on any atom is 0.306 e. The SMILES string of the molecule is CCCCCCCCCCCCCCCCC(C[N+](C)(C)CC(=O)[O-])OC(=O)CCCCCCCCCCCCCCC.CCCCCCCCCCCCCCCCC(C[N+](C)(C)CCCC(=O)[O-])OC(=O)CCCCCCCCCCCCCCC. The van der Waals surface area contributed by atoms with Crippen LogP contribution in [-0.4, -0.2) is 99.4 Å². The number of quaternary nitrogens is 2. The normalized spacial score (nSPS) is 12.5. The first-order chi connectivity index (χ1) is 42.6. The number of carboxylic acid groups (broad SMARTS) is 2. The van der Waals surface area contributed by atoms with Crippen LogP contribution in [0.5, 0.6) is 0 Å². The number of nitrogens with zero attached hydrogens (tertiary/aromatic N) is 2. The number of unbranched alkanes of at least 4 members (excludes halogenated alkanes) is 50. The number of carbonyl (C=O) groups is 4. The molecule has 524 valence electrons. The van der Waals surface area contributed by atoms with E-state index in [-0.39, 0.29) is 41.6 Å². The van der Waals surface area contributed by atoms with E-state index < -0.39 is 11.9 Å². The Morgan fingerprint density at radius 2 is 0.489 bits per heavy atom. The van der Waals surface area contributed by atoms with E-state index in [0.29, 0.717) is 30.3 Å². The summed E-state index contributed by atoms with van der Waals surface area (Å²) in [4.78, 5) is 47.6. The Morgan fingerprint density at radius 1 is 0.273 bits per heavy atom. The highest BCUT2D eigenvalue weighted by Gasteiger charge is 2.26. The van der Waals surface area contributed by atoms with Gasteiger partial charge < -0.3 is 38.2 Å². The van der Waals surface area contributed by atoms with Crippen molar-refractivity contribution in [2.24, 2.45) is 0 Å². The van der Waals surface area contributed by atoms with Crippen molar-refractivity contribution in [3.05, 3.63) is 0 Å². The minimum atomic E-state index is -1.06. The molecule has 0 spiro atoms. The van der Waals surface area contributed by atoms with Crippen molar-refractivity contribution in [2.75, 3.05) is 54.4 Å². The fourth-order valence-corrected chi connectivity index (χ4v) is 12.8. The van der Waals surface area contributed by atoms with Gasteiger partial charge in [0.15, 0.2) is 12.2 Å². The summed E-state index contributed by atoms with van der Waals surface area (Å²) >= 11 is 0. The van der Waals surface area contributed by atoms with Crippen LogP contribution in [0.2, 0.25) is 0 Å². The number of hydrogen-bond acceptors (Lipinski definition) is 8. The summed E-state index contributed by atoms with van der Waals surface area (Å²) in [5.41, 5.74) is 0. The van der Waals surface area contributed by atoms with Gasteiger partial charge in [0, 0.05) is 25.2 Å². The van der Waals surface area contributed by atoms with Gasteiger partial charge in [0.1, 0.15) is 19.6 Å². The van der Waals surface area contributed by atoms with E-state index >= 15 is 0 Å². The average molecular weight is 1250 g/mol. The molecule has 0 fully saturated rings. The lowest BCUT2D eigenvalue weighted by Gasteiger charge is -2.33. The first-order valence-corrected chi connectivity index (χ1v) is 39.0. The Kier molecular flexibility index (Phi) is 67.6. The Balaban J connectivity index is 0. The molecule has 0 aromatic heterocycles. The van der Waals surface area contributed by atoms with Crippen molar-refractivity contribution in [3.8, 4) is 0 Å². The van der Waals surface area contributed by atoms with Gasteiger partial charge >= 0.3 is 11.9 Å². The molecule has 0 saturated carbocycles. The van der Waals surface area contributed by atoms with E-state index in [1.54, 1.807) is 0 Å². The predicted molar refractivity (Wildman–Crippen MR) is 373 cm³/mol. The van der Waals surface area contributed by atoms with Crippen molar-refractivity contribution >= 4 is 23.9 Å². The third-order valence-electron chi connectivity index (χ3n) is 18.4. The third kappa shape index (κ3) is 71.2. The molecule has 10 heteroatoms. The molecule has 2 atom stereocenters. The van der Waals surface area contributed by atoms with Gasteiger partial charge in [-0.3, -0.25) is 9.59 Å². The number of rotatable bonds is 70. The first-order valence-electron chi connectivity index (χ1n) is 39.0. The van der Waals surface area contributed by atoms with Gasteiger partial charge in [-0.05, 0) is 44.9 Å². The van der Waals surface area contributed by atoms with Gasteiger partial charge in [-0.1, -0.05) is 349 Å². The lowest BCUT2D eigenvalue weighted by molar-refractivity contribution is -0.893. The van der Waals surface area contributed by atoms with E-state index in [9.17, 15) is 29.4 Å². The number of esters is 2. The molecule has 0 rings (SSSR count). The standard InChI is InChI=1S/C40H79NO4.C38H75NO4/c1-5-7-9-11-13-15-17-19-21-22-24-26-28-30-33-38(37-41(3,4)36-32-34-39(42)43)45-40(44)35-31-29-27-25-23-20-18-16-14-12-10-8-6-2;1-5-7-9-11-13-15-17-19-21-22-24-26-28-30-32-36(34-39(3,4)35-37(40)41)43-38(42)33-31-29-27-25-23-20-18-16-14-12-10-8-6-2/h38H,5-37H2,1-4H3;36H,5-35H2,1-4H3. The van der Waals surface area contributed by atoms with E-state index in [4.69, 9.17) is 9.47 Å². The van der Waals surface area contributed by atoms with Gasteiger partial charge in [0.25, 0.3) is 0 Å². The third-order valence-corrected chi connectivity index (χ3v) is 18.4. The number of carboxylic acids is 2. The second-order valence-corrected chi connectivity index (χ2v) is 28.9. The Morgan fingerprint density at radius 3 is 0.716 bits per heavy atom. The number of aliphatic carboxylic acids is 2. The molecule has 0 aromatic carbocycles. The lowest BCUT2D eigenvalue weighted by atomic mass is 10.0. The zero-order valence-corrected chi connectivity index (χ0v) is 60.6. The molecule has 0 amide bonds. The zero-order valence-electron chi connectivity index (χ0n) is 60.6. The number of ether oxygens (including phenoxy) is 2. The highest BCUT2D eigenvalue weighted by atomic mass is 16.5. The Labute approximate surface area is 548 Å². The highest BCUT2D eigenvalue weighted by molar-refractivity contribution is 5.70. The molecule has 0 aliphatic carbocycles. The molecular formula is C78H154N2O8. The van der Waals surface area contributed by atoms with Gasteiger partial charge in [-0.25, -0.2) is 0 Å². The fourth-order valence-electron chi connectivity index (χ4n) is 12.8. The molecule has 2 unspecified atom stereocenters. The summed E-state index contributed by atoms with van der Waals surface area (Å²) in [5, 5.41) is 22.1. The van der Waals surface area contributed by atoms with Gasteiger partial charge in [-0.15, -0.1) is 0 Å². The average Bonchev–Trinajstić information content (AvgIpc) is 3.57. The largest absolute Gasteiger partial charge is 0.550 e. The highest BCUT2D eigenvalue weighted by Crippen LogP contribution is 2.21. The summed E-state index contributed by atoms with van der Waals surface area (Å²) in [5.74, 6) is -2.22. The number of carbonyl (C=O) groups excluding carboxylic acids is 4. The molecule has 0 radical (unpaired) electrons. The Hall–Kier alpha value is -2.20. The maximum absolute atomic E-state index is 12.8. The monoisotopic (exact) mass is 1250 g/mol. The molecular weight excluding hydrogens is 1090 g/mol. The first kappa shape index (κ1) is 87.9. The van der Waals surface area contributed by atoms with Crippen molar-refractivity contribution in [1.29, 1.82) is 0 Å². The topological polar surface area (TPSA) is 133 Å². The zero-order chi connectivity index (χ0) is 65.1. The van der Waals surface area contributed by atoms with Gasteiger partial charge in [0.05, 0.1) is 40.7 Å². The summed E-state index contributed by atoms with van der Waals surface area (Å²) < 4.78 is 12.9. The minimum Gasteiger partial charge on any atom is -0.550 e. The van der Waals surface area contributed by atoms with Crippen molar-refractivity contribution in [3.63, 3.8) is 0 Å². The van der Waals surface area contributed by atoms with E-state index in [1.807, 2.05) is 14.1 Å². The summed E-state index contributed by atoms with van der Waals surface area (Å²) in [6, 6.07) is 0. The fraction of sp³-hybridized carbons (Fsp3) is 0.949. The number of hydrogen-bond donors (Lipinski definition) is 0. The van der Waals surface area contributed by atoms with Crippen LogP contribution in [0.1, 0.15) is 413 Å². The molecule has 0 N–H and O–H groups in total. The smallest absolute Gasteiger partial charge is 0.306 e. The van der Waals surface area contributed by atoms with Crippen LogP contribution in [0, 0.1) is 0 Å². The molecule has 0 aliphatic rings. The quantitative estimate of drug-likeness (QED) is 0.0334. The van der Waals surface area contributed by atoms with Crippen LogP contribution < -0.4 is 10.2 Å². The second-order valence-electron chi connectivity index (χ2n) is 28.9. The van der Waals surface area contributed by atoms with Crippen molar-refractivity contribution < 1.29 is 47.8 Å². The molecule has 0 saturated heterocycles. The van der Waals surface area contributed by atoms with Gasteiger partial charge in [-0.2, -0.15) is 0 Å². The van der Waals surface area contributed by atoms with Crippen LogP contribution in [0.4, 0.5) is 0 Å². The van der Waals surface area contributed by atoms with Crippen LogP contribution in [0.15, 0.2) is 0 Å². The molecule has 0 aliphatic heterocycles.